The zero-order valence-corrected chi connectivity index (χ0v) is 11.3. The van der Waals surface area contributed by atoms with Gasteiger partial charge in [0.25, 0.3) is 0 Å². The van der Waals surface area contributed by atoms with E-state index >= 15 is 0 Å². The van der Waals surface area contributed by atoms with Crippen LogP contribution in [-0.2, 0) is 16.6 Å². The van der Waals surface area contributed by atoms with Crippen molar-refractivity contribution in [3.8, 4) is 0 Å². The molecule has 0 spiro atoms. The molecule has 0 atom stereocenters. The van der Waals surface area contributed by atoms with Gasteiger partial charge in [-0.1, -0.05) is 0 Å². The van der Waals surface area contributed by atoms with E-state index in [2.05, 4.69) is 4.98 Å². The van der Waals surface area contributed by atoms with Gasteiger partial charge in [0.15, 0.2) is 0 Å². The molecular formula is C11H15N3O3S. The van der Waals surface area contributed by atoms with Crippen LogP contribution in [0.4, 0.5) is 0 Å². The number of fused-ring (bicyclic) bond motifs is 1. The van der Waals surface area contributed by atoms with Crippen molar-refractivity contribution < 1.29 is 8.42 Å². The first-order valence-corrected chi connectivity index (χ1v) is 6.97. The molecule has 7 heteroatoms. The van der Waals surface area contributed by atoms with E-state index in [1.165, 1.54) is 26.2 Å². The van der Waals surface area contributed by atoms with Crippen molar-refractivity contribution in [1.82, 2.24) is 13.9 Å². The number of rotatable bonds is 3. The quantitative estimate of drug-likeness (QED) is 0.886. The smallest absolute Gasteiger partial charge is 0.305 e. The van der Waals surface area contributed by atoms with Gasteiger partial charge in [0, 0.05) is 20.6 Å². The second-order valence-electron chi connectivity index (χ2n) is 4.14. The molecule has 2 aromatic rings. The molecule has 1 heterocycles. The van der Waals surface area contributed by atoms with Crippen molar-refractivity contribution >= 4 is 21.1 Å². The standard InChI is InChI=1S/C11H15N3O3S/c1-4-14-10-6-5-8(18(16,17)13(2)3)7-9(10)12-11(14)15/h5-7H,4H2,1-3H3,(H,12,15). The normalized spacial score (nSPS) is 12.4. The minimum Gasteiger partial charge on any atom is -0.305 e. The summed E-state index contributed by atoms with van der Waals surface area (Å²) in [5.74, 6) is 0. The summed E-state index contributed by atoms with van der Waals surface area (Å²) in [6, 6.07) is 4.64. The molecule has 0 bridgehead atoms. The van der Waals surface area contributed by atoms with Gasteiger partial charge >= 0.3 is 5.69 Å². The lowest BCUT2D eigenvalue weighted by atomic mass is 10.3. The van der Waals surface area contributed by atoms with Crippen molar-refractivity contribution in [3.05, 3.63) is 28.7 Å². The molecule has 98 valence electrons. The molecule has 6 nitrogen and oxygen atoms in total. The van der Waals surface area contributed by atoms with E-state index in [0.717, 1.165) is 4.31 Å². The average molecular weight is 269 g/mol. The Labute approximate surface area is 105 Å². The van der Waals surface area contributed by atoms with E-state index in [9.17, 15) is 13.2 Å². The summed E-state index contributed by atoms with van der Waals surface area (Å²) in [4.78, 5) is 14.4. The van der Waals surface area contributed by atoms with Gasteiger partial charge in [-0.3, -0.25) is 4.57 Å². The number of nitrogens with zero attached hydrogens (tertiary/aromatic N) is 2. The van der Waals surface area contributed by atoms with Gasteiger partial charge in [-0.2, -0.15) is 0 Å². The van der Waals surface area contributed by atoms with Crippen LogP contribution in [0.5, 0.6) is 0 Å². The summed E-state index contributed by atoms with van der Waals surface area (Å²) < 4.78 is 26.6. The highest BCUT2D eigenvalue weighted by molar-refractivity contribution is 7.89. The van der Waals surface area contributed by atoms with E-state index in [0.29, 0.717) is 17.6 Å². The lowest BCUT2D eigenvalue weighted by Gasteiger charge is -2.11. The van der Waals surface area contributed by atoms with Crippen molar-refractivity contribution in [1.29, 1.82) is 0 Å². The highest BCUT2D eigenvalue weighted by Gasteiger charge is 2.18. The van der Waals surface area contributed by atoms with E-state index in [1.54, 1.807) is 10.6 Å². The van der Waals surface area contributed by atoms with E-state index in [-0.39, 0.29) is 10.6 Å². The van der Waals surface area contributed by atoms with Gasteiger partial charge in [0.05, 0.1) is 15.9 Å². The van der Waals surface area contributed by atoms with Crippen LogP contribution in [0.2, 0.25) is 0 Å². The molecule has 1 aromatic heterocycles. The molecule has 0 radical (unpaired) electrons. The maximum absolute atomic E-state index is 12.0. The predicted molar refractivity (Wildman–Crippen MR) is 69.1 cm³/mol. The minimum atomic E-state index is -3.48. The fourth-order valence-electron chi connectivity index (χ4n) is 1.83. The third kappa shape index (κ3) is 1.85. The van der Waals surface area contributed by atoms with Crippen LogP contribution in [0.25, 0.3) is 11.0 Å². The van der Waals surface area contributed by atoms with Crippen LogP contribution < -0.4 is 5.69 Å². The molecule has 0 saturated carbocycles. The largest absolute Gasteiger partial charge is 0.326 e. The summed E-state index contributed by atoms with van der Waals surface area (Å²) in [6.07, 6.45) is 0. The Morgan fingerprint density at radius 3 is 2.56 bits per heavy atom. The van der Waals surface area contributed by atoms with Crippen LogP contribution >= 0.6 is 0 Å². The molecule has 0 unspecified atom stereocenters. The number of nitrogens with one attached hydrogen (secondary N) is 1. The first kappa shape index (κ1) is 12.8. The molecule has 0 aliphatic carbocycles. The Morgan fingerprint density at radius 1 is 1.33 bits per heavy atom. The van der Waals surface area contributed by atoms with Gasteiger partial charge in [-0.25, -0.2) is 17.5 Å². The lowest BCUT2D eigenvalue weighted by molar-refractivity contribution is 0.521. The molecule has 18 heavy (non-hydrogen) atoms. The second kappa shape index (κ2) is 4.25. The first-order chi connectivity index (χ1) is 8.37. The Hall–Kier alpha value is -1.60. The molecule has 0 fully saturated rings. The maximum Gasteiger partial charge on any atom is 0.326 e. The zero-order chi connectivity index (χ0) is 13.5. The summed E-state index contributed by atoms with van der Waals surface area (Å²) in [5.41, 5.74) is 1.01. The number of aromatic amines is 1. The van der Waals surface area contributed by atoms with Crippen LogP contribution in [-0.4, -0.2) is 36.4 Å². The first-order valence-electron chi connectivity index (χ1n) is 5.53. The van der Waals surface area contributed by atoms with Gasteiger partial charge < -0.3 is 4.98 Å². The molecule has 0 aliphatic heterocycles. The number of imidazole rings is 1. The monoisotopic (exact) mass is 269 g/mol. The Bertz CT molecular complexity index is 740. The van der Waals surface area contributed by atoms with Crippen LogP contribution in [0.1, 0.15) is 6.92 Å². The Balaban J connectivity index is 2.70. The topological polar surface area (TPSA) is 75.2 Å². The van der Waals surface area contributed by atoms with Crippen LogP contribution in [0.3, 0.4) is 0 Å². The van der Waals surface area contributed by atoms with Crippen LogP contribution in [0, 0.1) is 0 Å². The van der Waals surface area contributed by atoms with Crippen molar-refractivity contribution in [3.63, 3.8) is 0 Å². The molecule has 2 rings (SSSR count). The zero-order valence-electron chi connectivity index (χ0n) is 10.5. The average Bonchev–Trinajstić information content (AvgIpc) is 2.62. The lowest BCUT2D eigenvalue weighted by Crippen LogP contribution is -2.22. The maximum atomic E-state index is 12.0. The van der Waals surface area contributed by atoms with Gasteiger partial charge in [-0.15, -0.1) is 0 Å². The summed E-state index contributed by atoms with van der Waals surface area (Å²) in [6.45, 7) is 2.40. The number of hydrogen-bond acceptors (Lipinski definition) is 3. The number of hydrogen-bond donors (Lipinski definition) is 1. The van der Waals surface area contributed by atoms with Gasteiger partial charge in [-0.05, 0) is 25.1 Å². The van der Waals surface area contributed by atoms with Gasteiger partial charge in [0.2, 0.25) is 10.0 Å². The molecule has 0 aliphatic rings. The third-order valence-corrected chi connectivity index (χ3v) is 4.65. The summed E-state index contributed by atoms with van der Waals surface area (Å²) in [5, 5.41) is 0. The van der Waals surface area contributed by atoms with Crippen molar-refractivity contribution in [2.75, 3.05) is 14.1 Å². The molecule has 1 N–H and O–H groups in total. The number of H-pyrrole nitrogens is 1. The van der Waals surface area contributed by atoms with Crippen molar-refractivity contribution in [2.24, 2.45) is 0 Å². The summed E-state index contributed by atoms with van der Waals surface area (Å²) in [7, 11) is -0.533. The van der Waals surface area contributed by atoms with E-state index in [1.807, 2.05) is 6.92 Å². The molecular weight excluding hydrogens is 254 g/mol. The third-order valence-electron chi connectivity index (χ3n) is 2.84. The highest BCUT2D eigenvalue weighted by Crippen LogP contribution is 2.18. The van der Waals surface area contributed by atoms with E-state index < -0.39 is 10.0 Å². The van der Waals surface area contributed by atoms with E-state index in [4.69, 9.17) is 0 Å². The Kier molecular flexibility index (Phi) is 3.04. The second-order valence-corrected chi connectivity index (χ2v) is 6.29. The minimum absolute atomic E-state index is 0.171. The van der Waals surface area contributed by atoms with Crippen molar-refractivity contribution in [2.45, 2.75) is 18.4 Å². The summed E-state index contributed by atoms with van der Waals surface area (Å²) >= 11 is 0. The number of aromatic nitrogens is 2. The fraction of sp³-hybridized carbons (Fsp3) is 0.364. The highest BCUT2D eigenvalue weighted by atomic mass is 32.2. The molecule has 1 aromatic carbocycles. The molecule has 0 amide bonds. The number of sulfonamides is 1. The van der Waals surface area contributed by atoms with Gasteiger partial charge in [0.1, 0.15) is 0 Å². The number of aryl methyl sites for hydroxylation is 1. The van der Waals surface area contributed by atoms with Crippen LogP contribution in [0.15, 0.2) is 27.9 Å². The Morgan fingerprint density at radius 2 is 2.00 bits per heavy atom. The SMILES string of the molecule is CCn1c(=O)[nH]c2cc(S(=O)(=O)N(C)C)ccc21. The predicted octanol–water partition coefficient (Wildman–Crippen LogP) is 0.600. The fourth-order valence-corrected chi connectivity index (χ4v) is 2.76. The molecule has 0 saturated heterocycles. The number of benzene rings is 1.